The number of nitro groups is 1. The molecule has 0 atom stereocenters. The minimum absolute atomic E-state index is 0.0787. The van der Waals surface area contributed by atoms with Gasteiger partial charge in [-0.05, 0) is 18.8 Å². The Bertz CT molecular complexity index is 393. The number of rotatable bonds is 4. The Hall–Kier alpha value is -1.36. The van der Waals surface area contributed by atoms with Gasteiger partial charge < -0.3 is 4.74 Å². The van der Waals surface area contributed by atoms with Crippen molar-refractivity contribution in [3.8, 4) is 5.88 Å². The van der Waals surface area contributed by atoms with Gasteiger partial charge in [-0.1, -0.05) is 11.6 Å². The van der Waals surface area contributed by atoms with Gasteiger partial charge in [-0.3, -0.25) is 10.1 Å². The zero-order chi connectivity index (χ0) is 10.8. The molecular weight excluding hydrogens is 220 g/mol. The van der Waals surface area contributed by atoms with E-state index in [0.29, 0.717) is 12.5 Å². The molecule has 0 aliphatic heterocycles. The van der Waals surface area contributed by atoms with Crippen LogP contribution in [0, 0.1) is 16.0 Å². The standard InChI is InChI=1S/C9H9ClN2O3/c10-8-3-7(12(13)14)4-9(11-8)15-5-6-1-2-6/h3-4,6H,1-2,5H2. The molecule has 0 spiro atoms. The molecule has 2 rings (SSSR count). The third kappa shape index (κ3) is 2.79. The molecule has 1 aliphatic rings. The van der Waals surface area contributed by atoms with Crippen molar-refractivity contribution in [3.05, 3.63) is 27.4 Å². The van der Waals surface area contributed by atoms with Gasteiger partial charge >= 0.3 is 0 Å². The molecule has 1 aromatic rings. The van der Waals surface area contributed by atoms with Crippen LogP contribution >= 0.6 is 11.6 Å². The molecule has 0 N–H and O–H groups in total. The minimum atomic E-state index is -0.516. The van der Waals surface area contributed by atoms with Gasteiger partial charge in [-0.15, -0.1) is 0 Å². The number of ether oxygens (including phenoxy) is 1. The predicted molar refractivity (Wildman–Crippen MR) is 54.1 cm³/mol. The molecular formula is C9H9ClN2O3. The second-order valence-corrected chi connectivity index (χ2v) is 3.89. The molecule has 1 aliphatic carbocycles. The fourth-order valence-electron chi connectivity index (χ4n) is 1.13. The van der Waals surface area contributed by atoms with Crippen molar-refractivity contribution in [3.63, 3.8) is 0 Å². The van der Waals surface area contributed by atoms with E-state index in [9.17, 15) is 10.1 Å². The van der Waals surface area contributed by atoms with Crippen molar-refractivity contribution in [2.75, 3.05) is 6.61 Å². The fraction of sp³-hybridized carbons (Fsp3) is 0.444. The Morgan fingerprint density at radius 3 is 2.93 bits per heavy atom. The van der Waals surface area contributed by atoms with Crippen LogP contribution in [0.25, 0.3) is 0 Å². The summed E-state index contributed by atoms with van der Waals surface area (Å²) >= 11 is 5.63. The van der Waals surface area contributed by atoms with Crippen molar-refractivity contribution in [2.45, 2.75) is 12.8 Å². The highest BCUT2D eigenvalue weighted by molar-refractivity contribution is 6.29. The van der Waals surface area contributed by atoms with E-state index in [1.165, 1.54) is 12.1 Å². The minimum Gasteiger partial charge on any atom is -0.477 e. The summed E-state index contributed by atoms with van der Waals surface area (Å²) in [6, 6.07) is 2.49. The van der Waals surface area contributed by atoms with Crippen LogP contribution in [-0.4, -0.2) is 16.5 Å². The summed E-state index contributed by atoms with van der Waals surface area (Å²) in [6.45, 7) is 0.560. The third-order valence-electron chi connectivity index (χ3n) is 2.13. The summed E-state index contributed by atoms with van der Waals surface area (Å²) in [7, 11) is 0. The normalized spacial score (nSPS) is 15.0. The lowest BCUT2D eigenvalue weighted by molar-refractivity contribution is -0.385. The largest absolute Gasteiger partial charge is 0.477 e. The number of nitrogens with zero attached hydrogens (tertiary/aromatic N) is 2. The molecule has 80 valence electrons. The van der Waals surface area contributed by atoms with Crippen molar-refractivity contribution >= 4 is 17.3 Å². The number of halogens is 1. The van der Waals surface area contributed by atoms with Crippen LogP contribution < -0.4 is 4.74 Å². The van der Waals surface area contributed by atoms with Crippen molar-refractivity contribution in [1.29, 1.82) is 0 Å². The maximum atomic E-state index is 10.5. The monoisotopic (exact) mass is 228 g/mol. The van der Waals surface area contributed by atoms with Crippen LogP contribution in [0.3, 0.4) is 0 Å². The molecule has 0 unspecified atom stereocenters. The summed E-state index contributed by atoms with van der Waals surface area (Å²) < 4.78 is 5.30. The van der Waals surface area contributed by atoms with E-state index in [0.717, 1.165) is 12.8 Å². The number of hydrogen-bond donors (Lipinski definition) is 0. The van der Waals surface area contributed by atoms with E-state index in [-0.39, 0.29) is 16.7 Å². The maximum Gasteiger partial charge on any atom is 0.277 e. The maximum absolute atomic E-state index is 10.5. The summed E-state index contributed by atoms with van der Waals surface area (Å²) in [5.41, 5.74) is -0.0965. The first-order valence-corrected chi connectivity index (χ1v) is 4.98. The third-order valence-corrected chi connectivity index (χ3v) is 2.32. The highest BCUT2D eigenvalue weighted by atomic mass is 35.5. The van der Waals surface area contributed by atoms with E-state index in [4.69, 9.17) is 16.3 Å². The first-order chi connectivity index (χ1) is 7.15. The summed E-state index contributed by atoms with van der Waals surface area (Å²) in [4.78, 5) is 13.9. The molecule has 0 aromatic carbocycles. The highest BCUT2D eigenvalue weighted by Gasteiger charge is 2.22. The van der Waals surface area contributed by atoms with Gasteiger partial charge in [0.25, 0.3) is 5.69 Å². The van der Waals surface area contributed by atoms with Gasteiger partial charge in [0.1, 0.15) is 5.15 Å². The zero-order valence-electron chi connectivity index (χ0n) is 7.85. The average molecular weight is 229 g/mol. The second kappa shape index (κ2) is 4.02. The molecule has 1 saturated carbocycles. The van der Waals surface area contributed by atoms with E-state index in [1.807, 2.05) is 0 Å². The topological polar surface area (TPSA) is 65.3 Å². The fourth-order valence-corrected chi connectivity index (χ4v) is 1.32. The van der Waals surface area contributed by atoms with Crippen LogP contribution in [0.1, 0.15) is 12.8 Å². The van der Waals surface area contributed by atoms with E-state index < -0.39 is 4.92 Å². The smallest absolute Gasteiger partial charge is 0.277 e. The van der Waals surface area contributed by atoms with Gasteiger partial charge in [-0.25, -0.2) is 4.98 Å². The number of pyridine rings is 1. The van der Waals surface area contributed by atoms with Gasteiger partial charge in [-0.2, -0.15) is 0 Å². The summed E-state index contributed by atoms with van der Waals surface area (Å²) in [5, 5.41) is 10.6. The molecule has 1 aromatic heterocycles. The van der Waals surface area contributed by atoms with Crippen molar-refractivity contribution in [2.24, 2.45) is 5.92 Å². The quantitative estimate of drug-likeness (QED) is 0.451. The molecule has 6 heteroatoms. The lowest BCUT2D eigenvalue weighted by atomic mass is 10.4. The van der Waals surface area contributed by atoms with Gasteiger partial charge in [0, 0.05) is 0 Å². The lowest BCUT2D eigenvalue weighted by Gasteiger charge is -2.03. The predicted octanol–water partition coefficient (Wildman–Crippen LogP) is 2.43. The number of aromatic nitrogens is 1. The van der Waals surface area contributed by atoms with E-state index >= 15 is 0 Å². The Balaban J connectivity index is 2.10. The summed E-state index contributed by atoms with van der Waals surface area (Å²) in [6.07, 6.45) is 2.31. The van der Waals surface area contributed by atoms with Crippen molar-refractivity contribution in [1.82, 2.24) is 4.98 Å². The highest BCUT2D eigenvalue weighted by Crippen LogP contribution is 2.30. The molecule has 0 radical (unpaired) electrons. The van der Waals surface area contributed by atoms with Crippen molar-refractivity contribution < 1.29 is 9.66 Å². The van der Waals surface area contributed by atoms with Gasteiger partial charge in [0.2, 0.25) is 5.88 Å². The number of hydrogen-bond acceptors (Lipinski definition) is 4. The molecule has 1 heterocycles. The van der Waals surface area contributed by atoms with Crippen LogP contribution in [0.2, 0.25) is 5.15 Å². The molecule has 0 amide bonds. The molecule has 0 saturated heterocycles. The van der Waals surface area contributed by atoms with Gasteiger partial charge in [0.15, 0.2) is 0 Å². The Morgan fingerprint density at radius 2 is 2.33 bits per heavy atom. The van der Waals surface area contributed by atoms with Gasteiger partial charge in [0.05, 0.1) is 23.7 Å². The second-order valence-electron chi connectivity index (χ2n) is 3.50. The Morgan fingerprint density at radius 1 is 1.60 bits per heavy atom. The van der Waals surface area contributed by atoms with Crippen LogP contribution in [0.5, 0.6) is 5.88 Å². The molecule has 15 heavy (non-hydrogen) atoms. The van der Waals surface area contributed by atoms with Crippen LogP contribution in [0.4, 0.5) is 5.69 Å². The first-order valence-electron chi connectivity index (χ1n) is 4.60. The Labute approximate surface area is 91.2 Å². The molecule has 0 bridgehead atoms. The van der Waals surface area contributed by atoms with E-state index in [1.54, 1.807) is 0 Å². The molecule has 5 nitrogen and oxygen atoms in total. The average Bonchev–Trinajstić information content (AvgIpc) is 2.97. The zero-order valence-corrected chi connectivity index (χ0v) is 8.61. The SMILES string of the molecule is O=[N+]([O-])c1cc(Cl)nc(OCC2CC2)c1. The first kappa shape index (κ1) is 10.2. The summed E-state index contributed by atoms with van der Waals surface area (Å²) in [5.74, 6) is 0.797. The lowest BCUT2D eigenvalue weighted by Crippen LogP contribution is -2.01. The van der Waals surface area contributed by atoms with Crippen LogP contribution in [0.15, 0.2) is 12.1 Å². The van der Waals surface area contributed by atoms with E-state index in [2.05, 4.69) is 4.98 Å². The molecule has 1 fully saturated rings. The van der Waals surface area contributed by atoms with Crippen LogP contribution in [-0.2, 0) is 0 Å². The Kier molecular flexibility index (Phi) is 2.73.